The fraction of sp³-hybridized carbons (Fsp3) is 0.111. The molecule has 0 saturated carbocycles. The highest BCUT2D eigenvalue weighted by atomic mass is 35.5. The van der Waals surface area contributed by atoms with E-state index in [2.05, 4.69) is 0 Å². The topological polar surface area (TPSA) is 34.1 Å². The van der Waals surface area contributed by atoms with Crippen molar-refractivity contribution in [1.29, 1.82) is 0 Å². The van der Waals surface area contributed by atoms with Crippen LogP contribution in [0.25, 0.3) is 12.2 Å². The molecule has 0 aliphatic carbocycles. The Labute approximate surface area is 188 Å². The Kier molecular flexibility index (Phi) is 8.38. The molecule has 0 saturated heterocycles. The molecule has 0 aliphatic heterocycles. The second-order valence-electron chi connectivity index (χ2n) is 5.23. The van der Waals surface area contributed by atoms with Crippen LogP contribution in [-0.2, 0) is 9.84 Å². The zero-order valence-corrected chi connectivity index (χ0v) is 18.9. The molecule has 2 nitrogen and oxygen atoms in total. The average Bonchev–Trinajstić information content (AvgIpc) is 2.62. The lowest BCUT2D eigenvalue weighted by atomic mass is 10.2. The number of allylic oxidation sites excluding steroid dienone is 2. The number of hydrogen-bond acceptors (Lipinski definition) is 2. The van der Waals surface area contributed by atoms with Gasteiger partial charge < -0.3 is 0 Å². The van der Waals surface area contributed by atoms with Crippen LogP contribution in [0, 0.1) is 0 Å². The molecule has 0 aromatic heterocycles. The summed E-state index contributed by atoms with van der Waals surface area (Å²) in [4.78, 5) is -0.357. The average molecular weight is 505 g/mol. The van der Waals surface area contributed by atoms with Gasteiger partial charge in [-0.3, -0.25) is 0 Å². The molecule has 2 aromatic rings. The van der Waals surface area contributed by atoms with E-state index in [1.807, 2.05) is 0 Å². The van der Waals surface area contributed by atoms with Crippen LogP contribution in [0.5, 0.6) is 0 Å². The highest BCUT2D eigenvalue weighted by Crippen LogP contribution is 2.38. The summed E-state index contributed by atoms with van der Waals surface area (Å²) in [6, 6.07) is 5.62. The van der Waals surface area contributed by atoms with Crippen molar-refractivity contribution in [2.75, 3.05) is 11.8 Å². The maximum atomic E-state index is 13.2. The summed E-state index contributed by atoms with van der Waals surface area (Å²) in [6.45, 7) is 0. The van der Waals surface area contributed by atoms with Crippen LogP contribution in [0.1, 0.15) is 11.1 Å². The second-order valence-corrected chi connectivity index (χ2v) is 9.36. The summed E-state index contributed by atoms with van der Waals surface area (Å²) in [5, 5.41) is 0.421. The Morgan fingerprint density at radius 2 is 1.07 bits per heavy atom. The molecule has 0 unspecified atom stereocenters. The fourth-order valence-corrected chi connectivity index (χ4v) is 5.49. The van der Waals surface area contributed by atoms with E-state index < -0.39 is 9.84 Å². The Bertz CT molecular complexity index is 937. The van der Waals surface area contributed by atoms with Crippen LogP contribution in [0.2, 0.25) is 20.1 Å². The molecule has 0 spiro atoms. The van der Waals surface area contributed by atoms with E-state index in [1.54, 1.807) is 36.4 Å². The van der Waals surface area contributed by atoms with E-state index in [0.29, 0.717) is 11.1 Å². The fourth-order valence-electron chi connectivity index (χ4n) is 2.26. The van der Waals surface area contributed by atoms with Crippen LogP contribution >= 0.6 is 69.6 Å². The lowest BCUT2D eigenvalue weighted by molar-refractivity contribution is 0.596. The van der Waals surface area contributed by atoms with Gasteiger partial charge in [-0.05, 0) is 35.4 Å². The molecule has 0 fully saturated rings. The zero-order valence-electron chi connectivity index (χ0n) is 13.5. The van der Waals surface area contributed by atoms with Crippen LogP contribution in [-0.4, -0.2) is 20.2 Å². The number of sulfone groups is 1. The van der Waals surface area contributed by atoms with Crippen molar-refractivity contribution in [3.63, 3.8) is 0 Å². The molecule has 0 atom stereocenters. The van der Waals surface area contributed by atoms with Crippen molar-refractivity contribution in [2.24, 2.45) is 0 Å². The number of hydrogen-bond donors (Lipinski definition) is 0. The predicted octanol–water partition coefficient (Wildman–Crippen LogP) is 7.64. The third-order valence-corrected chi connectivity index (χ3v) is 7.08. The van der Waals surface area contributed by atoms with E-state index in [0.717, 1.165) is 0 Å². The summed E-state index contributed by atoms with van der Waals surface area (Å²) < 4.78 is 26.5. The number of halogens is 6. The first-order chi connectivity index (χ1) is 12.7. The highest BCUT2D eigenvalue weighted by Gasteiger charge is 2.27. The maximum Gasteiger partial charge on any atom is 0.209 e. The van der Waals surface area contributed by atoms with Gasteiger partial charge in [0.2, 0.25) is 9.84 Å². The molecular formula is C18H12Cl6O2S. The summed E-state index contributed by atoms with van der Waals surface area (Å²) in [7, 11) is -4.11. The van der Waals surface area contributed by atoms with Crippen molar-refractivity contribution in [3.05, 3.63) is 67.6 Å². The largest absolute Gasteiger partial charge is 0.218 e. The van der Waals surface area contributed by atoms with Gasteiger partial charge in [0.05, 0.1) is 19.8 Å². The lowest BCUT2D eigenvalue weighted by Crippen LogP contribution is -2.05. The third-order valence-electron chi connectivity index (χ3n) is 3.42. The summed E-state index contributed by atoms with van der Waals surface area (Å²) in [5.41, 5.74) is 0.840. The van der Waals surface area contributed by atoms with Gasteiger partial charge in [-0.15, -0.1) is 23.2 Å². The minimum Gasteiger partial charge on any atom is -0.218 e. The van der Waals surface area contributed by atoms with Gasteiger partial charge in [0, 0.05) is 21.8 Å². The standard InChI is InChI=1S/C18H12Cl6O2S/c19-5-1-3-11-7-13(21)9-15(17(11)23)27(25,26)16-10-14(22)8-12(18(16)24)4-2-6-20/h1-4,7-10H,5-6H2/b3-1+,4-2?. The van der Waals surface area contributed by atoms with Crippen molar-refractivity contribution in [2.45, 2.75) is 9.79 Å². The minimum atomic E-state index is -4.11. The van der Waals surface area contributed by atoms with Crippen molar-refractivity contribution in [1.82, 2.24) is 0 Å². The van der Waals surface area contributed by atoms with Crippen molar-refractivity contribution < 1.29 is 8.42 Å². The van der Waals surface area contributed by atoms with E-state index in [9.17, 15) is 8.42 Å². The van der Waals surface area contributed by atoms with E-state index >= 15 is 0 Å². The van der Waals surface area contributed by atoms with Gasteiger partial charge in [-0.2, -0.15) is 0 Å². The molecule has 0 aliphatic rings. The zero-order chi connectivity index (χ0) is 20.2. The Balaban J connectivity index is 2.74. The Morgan fingerprint density at radius 3 is 1.41 bits per heavy atom. The SMILES string of the molecule is O=S(=O)(c1cc(Cl)cc(C=CCCl)c1Cl)c1cc(Cl)cc(/C=C/CCl)c1Cl. The quantitative estimate of drug-likeness (QED) is 0.379. The molecule has 0 amide bonds. The van der Waals surface area contributed by atoms with Crippen LogP contribution in [0.15, 0.2) is 46.2 Å². The smallest absolute Gasteiger partial charge is 0.209 e. The number of rotatable bonds is 6. The van der Waals surface area contributed by atoms with Gasteiger partial charge >= 0.3 is 0 Å². The first-order valence-electron chi connectivity index (χ1n) is 7.40. The third kappa shape index (κ3) is 5.36. The molecule has 144 valence electrons. The molecule has 0 bridgehead atoms. The van der Waals surface area contributed by atoms with Crippen LogP contribution in [0.3, 0.4) is 0 Å². The van der Waals surface area contributed by atoms with E-state index in [4.69, 9.17) is 69.6 Å². The van der Waals surface area contributed by atoms with Crippen LogP contribution in [0.4, 0.5) is 0 Å². The van der Waals surface area contributed by atoms with Gasteiger partial charge in [-0.25, -0.2) is 8.42 Å². The summed E-state index contributed by atoms with van der Waals surface area (Å²) >= 11 is 36.1. The monoisotopic (exact) mass is 502 g/mol. The van der Waals surface area contributed by atoms with Crippen LogP contribution < -0.4 is 0 Å². The predicted molar refractivity (Wildman–Crippen MR) is 118 cm³/mol. The van der Waals surface area contributed by atoms with Gasteiger partial charge in [0.1, 0.15) is 0 Å². The molecule has 0 N–H and O–H groups in total. The summed E-state index contributed by atoms with van der Waals surface area (Å²) in [5.74, 6) is 0.475. The Morgan fingerprint density at radius 1 is 0.704 bits per heavy atom. The maximum absolute atomic E-state index is 13.2. The number of benzene rings is 2. The normalized spacial score (nSPS) is 12.4. The Hall–Kier alpha value is -0.390. The van der Waals surface area contributed by atoms with Crippen molar-refractivity contribution >= 4 is 91.6 Å². The van der Waals surface area contributed by atoms with E-state index in [-0.39, 0.29) is 41.6 Å². The second kappa shape index (κ2) is 9.89. The molecular weight excluding hydrogens is 493 g/mol. The molecule has 0 heterocycles. The first-order valence-corrected chi connectivity index (χ1v) is 11.5. The van der Waals surface area contributed by atoms with Gasteiger partial charge in [0.15, 0.2) is 0 Å². The van der Waals surface area contributed by atoms with Crippen molar-refractivity contribution in [3.8, 4) is 0 Å². The van der Waals surface area contributed by atoms with Gasteiger partial charge in [0.25, 0.3) is 0 Å². The summed E-state index contributed by atoms with van der Waals surface area (Å²) in [6.07, 6.45) is 6.43. The molecule has 9 heteroatoms. The lowest BCUT2D eigenvalue weighted by Gasteiger charge is -2.13. The van der Waals surface area contributed by atoms with E-state index in [1.165, 1.54) is 12.1 Å². The molecule has 2 rings (SSSR count). The first kappa shape index (κ1) is 22.9. The number of alkyl halides is 2. The molecule has 27 heavy (non-hydrogen) atoms. The minimum absolute atomic E-state index is 0.00894. The molecule has 0 radical (unpaired) electrons. The van der Waals surface area contributed by atoms with Gasteiger partial charge in [-0.1, -0.05) is 70.7 Å². The highest BCUT2D eigenvalue weighted by molar-refractivity contribution is 7.91. The molecule has 2 aromatic carbocycles.